The molecule has 0 amide bonds. The van der Waals surface area contributed by atoms with Gasteiger partial charge in [-0.1, -0.05) is 0 Å². The van der Waals surface area contributed by atoms with Crippen LogP contribution in [0.4, 0.5) is 0 Å². The Hall–Kier alpha value is -1.86. The summed E-state index contributed by atoms with van der Waals surface area (Å²) in [6.07, 6.45) is 10.3. The zero-order chi connectivity index (χ0) is 20.3. The third kappa shape index (κ3) is 2.28. The molecule has 4 heterocycles. The van der Waals surface area contributed by atoms with Gasteiger partial charge < -0.3 is 19.7 Å². The predicted octanol–water partition coefficient (Wildman–Crippen LogP) is 2.66. The lowest BCUT2D eigenvalue weighted by molar-refractivity contribution is -0.138. The average molecular weight is 404 g/mol. The second-order valence-electron chi connectivity index (χ2n) is 11.2. The van der Waals surface area contributed by atoms with E-state index in [1.165, 1.54) is 24.1 Å². The second-order valence-corrected chi connectivity index (χ2v) is 11.2. The van der Waals surface area contributed by atoms with Crippen molar-refractivity contribution >= 4 is 29.3 Å². The van der Waals surface area contributed by atoms with Crippen LogP contribution in [0.25, 0.3) is 11.0 Å². The summed E-state index contributed by atoms with van der Waals surface area (Å²) in [6.45, 7) is 5.29. The van der Waals surface area contributed by atoms with Crippen molar-refractivity contribution in [2.24, 2.45) is 28.8 Å². The molecule has 2 aromatic heterocycles. The lowest BCUT2D eigenvalue weighted by Gasteiger charge is -2.59. The number of aliphatic hydroxyl groups is 1. The highest BCUT2D eigenvalue weighted by atomic mass is 16.4. The summed E-state index contributed by atoms with van der Waals surface area (Å²) in [5, 5.41) is 17.7. The number of fused-ring (bicyclic) bond motifs is 5. The molecule has 0 aromatic carbocycles. The quantitative estimate of drug-likeness (QED) is 0.717. The van der Waals surface area contributed by atoms with Gasteiger partial charge in [-0.05, 0) is 76.2 Å². The molecule has 5 atom stereocenters. The summed E-state index contributed by atoms with van der Waals surface area (Å²) < 4.78 is 6.27. The number of nitrogens with zero attached hydrogens (tertiary/aromatic N) is 3. The van der Waals surface area contributed by atoms with Crippen LogP contribution < -0.4 is 5.46 Å². The summed E-state index contributed by atoms with van der Waals surface area (Å²) in [5.41, 5.74) is 4.07. The van der Waals surface area contributed by atoms with Gasteiger partial charge in [0, 0.05) is 46.9 Å². The van der Waals surface area contributed by atoms with Gasteiger partial charge in [-0.15, -0.1) is 0 Å². The van der Waals surface area contributed by atoms with Crippen molar-refractivity contribution in [1.82, 2.24) is 14.9 Å². The van der Waals surface area contributed by atoms with E-state index in [0.29, 0.717) is 23.7 Å². The third-order valence-electron chi connectivity index (χ3n) is 8.74. The molecule has 30 heavy (non-hydrogen) atoms. The largest absolute Gasteiger partial charge is 0.471 e. The number of pyridine rings is 1. The Morgan fingerprint density at radius 1 is 1.23 bits per heavy atom. The highest BCUT2D eigenvalue weighted by Crippen LogP contribution is 2.59. The maximum absolute atomic E-state index is 11.1. The monoisotopic (exact) mass is 404 g/mol. The molecule has 1 saturated heterocycles. The molecule has 4 saturated carbocycles. The minimum absolute atomic E-state index is 0.0525. The van der Waals surface area contributed by atoms with Crippen molar-refractivity contribution in [3.05, 3.63) is 24.0 Å². The van der Waals surface area contributed by atoms with Crippen LogP contribution in [0.3, 0.4) is 0 Å². The normalized spacial score (nSPS) is 38.6. The Morgan fingerprint density at radius 2 is 2.03 bits per heavy atom. The Labute approximate surface area is 177 Å². The highest BCUT2D eigenvalue weighted by molar-refractivity contribution is 6.68. The van der Waals surface area contributed by atoms with E-state index in [0.717, 1.165) is 48.8 Å². The minimum atomic E-state index is -0.428. The Morgan fingerprint density at radius 3 is 2.80 bits per heavy atom. The average Bonchev–Trinajstić information content (AvgIpc) is 3.15. The first-order valence-electron chi connectivity index (χ1n) is 11.6. The number of nitrogens with one attached hydrogen (secondary N) is 1. The van der Waals surface area contributed by atoms with Crippen LogP contribution in [-0.2, 0) is 4.65 Å². The van der Waals surface area contributed by atoms with Gasteiger partial charge in [0.25, 0.3) is 0 Å². The van der Waals surface area contributed by atoms with E-state index in [4.69, 9.17) is 14.7 Å². The number of hydrazone groups is 1. The number of rotatable bonds is 1. The van der Waals surface area contributed by atoms with Crippen LogP contribution in [-0.4, -0.2) is 50.5 Å². The first-order valence-corrected chi connectivity index (χ1v) is 11.6. The minimum Gasteiger partial charge on any atom is -0.412 e. The molecule has 2 aromatic rings. The van der Waals surface area contributed by atoms with Crippen LogP contribution in [0, 0.1) is 23.7 Å². The Bertz CT molecular complexity index is 1060. The molecule has 2 aliphatic heterocycles. The summed E-state index contributed by atoms with van der Waals surface area (Å²) in [5.74, 6) is 2.17. The first kappa shape index (κ1) is 17.8. The Balaban J connectivity index is 1.43. The Kier molecular flexibility index (Phi) is 3.37. The fourth-order valence-corrected chi connectivity index (χ4v) is 7.66. The van der Waals surface area contributed by atoms with E-state index in [1.54, 1.807) is 0 Å². The van der Waals surface area contributed by atoms with Crippen molar-refractivity contribution in [3.8, 4) is 0 Å². The molecule has 156 valence electrons. The predicted molar refractivity (Wildman–Crippen MR) is 117 cm³/mol. The maximum atomic E-state index is 11.1. The molecular weight excluding hydrogens is 375 g/mol. The van der Waals surface area contributed by atoms with E-state index >= 15 is 0 Å². The molecule has 7 heteroatoms. The number of H-pyrrole nitrogens is 1. The van der Waals surface area contributed by atoms with Gasteiger partial charge in [-0.3, -0.25) is 0 Å². The standard InChI is InChI=1S/C23H29BN4O2/c1-22(2)4-6-30-24-17-12-26-21-16(3-5-25-21)19(17)20(27-28(22)24)18-14-7-13-8-15(18)11-23(29,9-13)10-14/h3,5,12-15,18,29H,4,6-11H2,1-2H3,(H,25,26)/t13?,14-,15+,18?,23?. The number of hydrogen-bond donors (Lipinski definition) is 2. The zero-order valence-electron chi connectivity index (χ0n) is 17.8. The molecule has 2 N–H and O–H groups in total. The van der Waals surface area contributed by atoms with E-state index in [9.17, 15) is 5.11 Å². The van der Waals surface area contributed by atoms with Gasteiger partial charge in [0.2, 0.25) is 0 Å². The van der Waals surface area contributed by atoms with E-state index in [2.05, 4.69) is 29.8 Å². The van der Waals surface area contributed by atoms with Crippen LogP contribution in [0.1, 0.15) is 57.9 Å². The van der Waals surface area contributed by atoms with Crippen LogP contribution in [0.15, 0.2) is 23.6 Å². The summed E-state index contributed by atoms with van der Waals surface area (Å²) in [4.78, 5) is 10.2. The van der Waals surface area contributed by atoms with Crippen molar-refractivity contribution in [1.29, 1.82) is 0 Å². The summed E-state index contributed by atoms with van der Waals surface area (Å²) in [6, 6.07) is 2.14. The van der Waals surface area contributed by atoms with E-state index in [-0.39, 0.29) is 12.6 Å². The molecule has 6 aliphatic rings. The molecule has 3 unspecified atom stereocenters. The molecule has 4 bridgehead atoms. The fourth-order valence-electron chi connectivity index (χ4n) is 7.66. The highest BCUT2D eigenvalue weighted by Gasteiger charge is 2.57. The number of aromatic amines is 1. The van der Waals surface area contributed by atoms with Gasteiger partial charge in [0.1, 0.15) is 5.65 Å². The van der Waals surface area contributed by atoms with E-state index < -0.39 is 5.60 Å². The van der Waals surface area contributed by atoms with Crippen molar-refractivity contribution in [2.75, 3.05) is 6.61 Å². The molecule has 4 aliphatic carbocycles. The lowest BCUT2D eigenvalue weighted by atomic mass is 9.48. The van der Waals surface area contributed by atoms with Gasteiger partial charge in [-0.25, -0.2) is 4.98 Å². The third-order valence-corrected chi connectivity index (χ3v) is 8.74. The molecule has 6 nitrogen and oxygen atoms in total. The van der Waals surface area contributed by atoms with E-state index in [1.807, 2.05) is 12.4 Å². The lowest BCUT2D eigenvalue weighted by Crippen LogP contribution is -2.65. The smallest absolute Gasteiger partial charge is 0.412 e. The molecule has 8 rings (SSSR count). The van der Waals surface area contributed by atoms with Gasteiger partial charge in [-0.2, -0.15) is 5.10 Å². The van der Waals surface area contributed by atoms with Gasteiger partial charge in [0.05, 0.1) is 11.3 Å². The topological polar surface area (TPSA) is 73.7 Å². The molecular formula is C23H29BN4O2. The summed E-state index contributed by atoms with van der Waals surface area (Å²) in [7, 11) is -0.166. The van der Waals surface area contributed by atoms with Crippen molar-refractivity contribution in [3.63, 3.8) is 0 Å². The summed E-state index contributed by atoms with van der Waals surface area (Å²) >= 11 is 0. The SMILES string of the molecule is CC1(C)CCOB2c3cnc4[nH]ccc4c3C(C3[C@@H]4CC5C[C@H]3CC(O)(C5)C4)=NN21. The van der Waals surface area contributed by atoms with Crippen LogP contribution in [0.2, 0.25) is 0 Å². The van der Waals surface area contributed by atoms with Gasteiger partial charge >= 0.3 is 7.05 Å². The zero-order valence-corrected chi connectivity index (χ0v) is 17.8. The molecule has 5 fully saturated rings. The molecule has 0 radical (unpaired) electrons. The van der Waals surface area contributed by atoms with Crippen LogP contribution >= 0.6 is 0 Å². The van der Waals surface area contributed by atoms with Crippen molar-refractivity contribution < 1.29 is 9.76 Å². The number of aromatic nitrogens is 2. The second kappa shape index (κ2) is 5.68. The maximum Gasteiger partial charge on any atom is 0.471 e. The molecule has 0 spiro atoms. The fraction of sp³-hybridized carbons (Fsp3) is 0.652. The number of hydrogen-bond acceptors (Lipinski definition) is 5. The van der Waals surface area contributed by atoms with Crippen LogP contribution in [0.5, 0.6) is 0 Å². The van der Waals surface area contributed by atoms with Gasteiger partial charge in [0.15, 0.2) is 0 Å². The van der Waals surface area contributed by atoms with Crippen molar-refractivity contribution in [2.45, 2.75) is 63.5 Å². The first-order chi connectivity index (χ1) is 14.4.